The summed E-state index contributed by atoms with van der Waals surface area (Å²) in [5, 5.41) is 0.145. The molecule has 0 saturated carbocycles. The van der Waals surface area contributed by atoms with E-state index in [1.54, 1.807) is 11.8 Å². The van der Waals surface area contributed by atoms with Crippen molar-refractivity contribution in [2.75, 3.05) is 33.8 Å². The predicted molar refractivity (Wildman–Crippen MR) is 87.7 cm³/mol. The summed E-state index contributed by atoms with van der Waals surface area (Å²) in [4.78, 5) is 16.4. The highest BCUT2D eigenvalue weighted by molar-refractivity contribution is 8.01. The molecule has 0 radical (unpaired) electrons. The molecular formula is C16H24N2O2S. The molecule has 1 heterocycles. The highest BCUT2D eigenvalue weighted by Gasteiger charge is 2.38. The van der Waals surface area contributed by atoms with Crippen LogP contribution in [0, 0.1) is 0 Å². The third kappa shape index (κ3) is 3.92. The molecule has 1 fully saturated rings. The van der Waals surface area contributed by atoms with E-state index in [4.69, 9.17) is 4.74 Å². The van der Waals surface area contributed by atoms with Gasteiger partial charge in [-0.25, -0.2) is 0 Å². The van der Waals surface area contributed by atoms with E-state index in [-0.39, 0.29) is 16.5 Å². The highest BCUT2D eigenvalue weighted by Crippen LogP contribution is 2.42. The summed E-state index contributed by atoms with van der Waals surface area (Å²) in [7, 11) is 4.06. The van der Waals surface area contributed by atoms with Crippen molar-refractivity contribution in [2.45, 2.75) is 24.5 Å². The van der Waals surface area contributed by atoms with Crippen LogP contribution in [0.4, 0.5) is 0 Å². The van der Waals surface area contributed by atoms with Crippen LogP contribution >= 0.6 is 11.8 Å². The minimum atomic E-state index is 0.0312. The van der Waals surface area contributed by atoms with Crippen molar-refractivity contribution in [2.24, 2.45) is 0 Å². The number of amides is 1. The van der Waals surface area contributed by atoms with Crippen molar-refractivity contribution in [3.63, 3.8) is 0 Å². The van der Waals surface area contributed by atoms with E-state index in [2.05, 4.69) is 17.0 Å². The first-order chi connectivity index (χ1) is 10.0. The smallest absolute Gasteiger partial charge is 0.236 e. The van der Waals surface area contributed by atoms with Gasteiger partial charge < -0.3 is 14.5 Å². The SMILES string of the molecule is CCOc1ccc([C@H]2S[C@@H](C)C(=O)N2CCN(C)C)cc1. The molecule has 0 spiro atoms. The van der Waals surface area contributed by atoms with E-state index < -0.39 is 0 Å². The third-order valence-electron chi connectivity index (χ3n) is 3.51. The predicted octanol–water partition coefficient (Wildman–Crippen LogP) is 2.61. The molecular weight excluding hydrogens is 284 g/mol. The normalized spacial score (nSPS) is 22.1. The number of nitrogens with zero attached hydrogens (tertiary/aromatic N) is 2. The molecule has 0 N–H and O–H groups in total. The fourth-order valence-electron chi connectivity index (χ4n) is 2.36. The van der Waals surface area contributed by atoms with Crippen LogP contribution in [0.2, 0.25) is 0 Å². The van der Waals surface area contributed by atoms with E-state index in [1.807, 2.05) is 45.0 Å². The molecule has 1 aliphatic rings. The maximum Gasteiger partial charge on any atom is 0.236 e. The highest BCUT2D eigenvalue weighted by atomic mass is 32.2. The van der Waals surface area contributed by atoms with Crippen molar-refractivity contribution in [3.8, 4) is 5.75 Å². The van der Waals surface area contributed by atoms with Crippen LogP contribution in [-0.2, 0) is 4.79 Å². The average molecular weight is 308 g/mol. The van der Waals surface area contributed by atoms with Gasteiger partial charge in [0.15, 0.2) is 0 Å². The van der Waals surface area contributed by atoms with Gasteiger partial charge in [0.05, 0.1) is 11.9 Å². The monoisotopic (exact) mass is 308 g/mol. The van der Waals surface area contributed by atoms with E-state index in [0.29, 0.717) is 6.61 Å². The molecule has 21 heavy (non-hydrogen) atoms. The molecule has 116 valence electrons. The maximum absolute atomic E-state index is 12.3. The van der Waals surface area contributed by atoms with Gasteiger partial charge in [-0.05, 0) is 45.6 Å². The molecule has 1 aliphatic heterocycles. The zero-order valence-electron chi connectivity index (χ0n) is 13.2. The van der Waals surface area contributed by atoms with Crippen molar-refractivity contribution in [1.29, 1.82) is 0 Å². The quantitative estimate of drug-likeness (QED) is 0.809. The first kappa shape index (κ1) is 16.2. The lowest BCUT2D eigenvalue weighted by atomic mass is 10.2. The lowest BCUT2D eigenvalue weighted by molar-refractivity contribution is -0.129. The first-order valence-corrected chi connectivity index (χ1v) is 8.30. The molecule has 1 aromatic rings. The van der Waals surface area contributed by atoms with Crippen LogP contribution < -0.4 is 4.74 Å². The molecule has 4 nitrogen and oxygen atoms in total. The Bertz CT molecular complexity index is 476. The lowest BCUT2D eigenvalue weighted by Crippen LogP contribution is -2.36. The van der Waals surface area contributed by atoms with Gasteiger partial charge in [-0.1, -0.05) is 12.1 Å². The van der Waals surface area contributed by atoms with Gasteiger partial charge in [-0.3, -0.25) is 4.79 Å². The van der Waals surface area contributed by atoms with Gasteiger partial charge in [0.2, 0.25) is 5.91 Å². The number of carbonyl (C=O) groups excluding carboxylic acids is 1. The zero-order chi connectivity index (χ0) is 15.4. The Hall–Kier alpha value is -1.20. The van der Waals surface area contributed by atoms with Crippen molar-refractivity contribution in [1.82, 2.24) is 9.80 Å². The molecule has 1 aromatic carbocycles. The molecule has 1 amide bonds. The molecule has 5 heteroatoms. The summed E-state index contributed by atoms with van der Waals surface area (Å²) in [5.74, 6) is 1.11. The number of rotatable bonds is 6. The van der Waals surface area contributed by atoms with E-state index in [0.717, 1.165) is 18.8 Å². The molecule has 0 unspecified atom stereocenters. The first-order valence-electron chi connectivity index (χ1n) is 7.36. The van der Waals surface area contributed by atoms with E-state index in [9.17, 15) is 4.79 Å². The van der Waals surface area contributed by atoms with Gasteiger partial charge >= 0.3 is 0 Å². The Kier molecular flexibility index (Phi) is 5.53. The summed E-state index contributed by atoms with van der Waals surface area (Å²) in [6, 6.07) is 8.10. The Morgan fingerprint density at radius 1 is 1.29 bits per heavy atom. The van der Waals surface area contributed by atoms with E-state index in [1.165, 1.54) is 5.56 Å². The topological polar surface area (TPSA) is 32.8 Å². The molecule has 2 atom stereocenters. The third-order valence-corrected chi connectivity index (χ3v) is 4.91. The van der Waals surface area contributed by atoms with Crippen LogP contribution in [0.1, 0.15) is 24.8 Å². The molecule has 0 bridgehead atoms. The molecule has 0 aliphatic carbocycles. The number of likely N-dealkylation sites (N-methyl/N-ethyl adjacent to an activating group) is 1. The fourth-order valence-corrected chi connectivity index (χ4v) is 3.67. The van der Waals surface area contributed by atoms with Crippen molar-refractivity contribution >= 4 is 17.7 Å². The Morgan fingerprint density at radius 2 is 1.95 bits per heavy atom. The number of hydrogen-bond acceptors (Lipinski definition) is 4. The fraction of sp³-hybridized carbons (Fsp3) is 0.562. The van der Waals surface area contributed by atoms with Gasteiger partial charge in [0, 0.05) is 13.1 Å². The van der Waals surface area contributed by atoms with Gasteiger partial charge in [0.25, 0.3) is 0 Å². The van der Waals surface area contributed by atoms with Crippen molar-refractivity contribution in [3.05, 3.63) is 29.8 Å². The summed E-state index contributed by atoms with van der Waals surface area (Å²) in [5.41, 5.74) is 1.17. The largest absolute Gasteiger partial charge is 0.494 e. The Labute approximate surface area is 131 Å². The van der Waals surface area contributed by atoms with Gasteiger partial charge in [-0.2, -0.15) is 0 Å². The number of hydrogen-bond donors (Lipinski definition) is 0. The second kappa shape index (κ2) is 7.18. The number of carbonyl (C=O) groups is 1. The second-order valence-electron chi connectivity index (χ2n) is 5.47. The summed E-state index contributed by atoms with van der Waals surface area (Å²) in [6.07, 6.45) is 0. The molecule has 0 aromatic heterocycles. The van der Waals surface area contributed by atoms with Crippen LogP contribution in [0.3, 0.4) is 0 Å². The summed E-state index contributed by atoms with van der Waals surface area (Å²) >= 11 is 1.72. The van der Waals surface area contributed by atoms with Crippen LogP contribution in [-0.4, -0.2) is 54.7 Å². The lowest BCUT2D eigenvalue weighted by Gasteiger charge is -2.25. The number of benzene rings is 1. The van der Waals surface area contributed by atoms with Gasteiger partial charge in [0.1, 0.15) is 11.1 Å². The standard InChI is InChI=1S/C16H24N2O2S/c1-5-20-14-8-6-13(7-9-14)16-18(11-10-17(3)4)15(19)12(2)21-16/h6-9,12,16H,5,10-11H2,1-4H3/t12-,16+/m0/s1. The molecule has 1 saturated heterocycles. The minimum Gasteiger partial charge on any atom is -0.494 e. The number of ether oxygens (including phenoxy) is 1. The van der Waals surface area contributed by atoms with Crippen LogP contribution in [0.5, 0.6) is 5.75 Å². The average Bonchev–Trinajstić information content (AvgIpc) is 2.74. The number of thioether (sulfide) groups is 1. The van der Waals surface area contributed by atoms with Crippen LogP contribution in [0.15, 0.2) is 24.3 Å². The zero-order valence-corrected chi connectivity index (χ0v) is 14.0. The summed E-state index contributed by atoms with van der Waals surface area (Å²) in [6.45, 7) is 6.28. The Balaban J connectivity index is 2.13. The van der Waals surface area contributed by atoms with Gasteiger partial charge in [-0.15, -0.1) is 11.8 Å². The Morgan fingerprint density at radius 3 is 2.52 bits per heavy atom. The van der Waals surface area contributed by atoms with Crippen LogP contribution in [0.25, 0.3) is 0 Å². The summed E-state index contributed by atoms with van der Waals surface area (Å²) < 4.78 is 5.48. The second-order valence-corrected chi connectivity index (χ2v) is 6.89. The molecule has 2 rings (SSSR count). The maximum atomic E-state index is 12.3. The van der Waals surface area contributed by atoms with E-state index >= 15 is 0 Å². The minimum absolute atomic E-state index is 0.0312. The van der Waals surface area contributed by atoms with Crippen molar-refractivity contribution < 1.29 is 9.53 Å².